The summed E-state index contributed by atoms with van der Waals surface area (Å²) in [5.74, 6) is 2.06. The van der Waals surface area contributed by atoms with Crippen LogP contribution < -0.4 is 5.32 Å². The Morgan fingerprint density at radius 2 is 1.79 bits per heavy atom. The number of carbonyl (C=O) groups excluding carboxylic acids is 2. The number of hydrogen-bond donors (Lipinski definition) is 1. The van der Waals surface area contributed by atoms with Crippen molar-refractivity contribution in [2.24, 2.45) is 23.2 Å². The van der Waals surface area contributed by atoms with Crippen molar-refractivity contribution in [3.63, 3.8) is 0 Å². The average molecular weight is 417 g/mol. The number of ether oxygens (including phenoxy) is 1. The average Bonchev–Trinajstić information content (AvgIpc) is 3.04. The summed E-state index contributed by atoms with van der Waals surface area (Å²) in [5, 5.41) is 3.99. The summed E-state index contributed by atoms with van der Waals surface area (Å²) >= 11 is 1.59. The quantitative estimate of drug-likeness (QED) is 0.720. The van der Waals surface area contributed by atoms with Gasteiger partial charge >= 0.3 is 5.97 Å². The first-order valence-corrected chi connectivity index (χ1v) is 12.2. The number of rotatable bonds is 5. The van der Waals surface area contributed by atoms with Crippen LogP contribution in [0.4, 0.5) is 5.00 Å². The minimum absolute atomic E-state index is 0.160. The molecule has 6 heteroatoms. The third-order valence-corrected chi connectivity index (χ3v) is 8.94. The first-order chi connectivity index (χ1) is 14.0. The Kier molecular flexibility index (Phi) is 4.98. The predicted octanol–water partition coefficient (Wildman–Crippen LogP) is 4.46. The molecule has 0 unspecified atom stereocenters. The van der Waals surface area contributed by atoms with Crippen LogP contribution >= 0.6 is 11.3 Å². The fourth-order valence-corrected chi connectivity index (χ4v) is 8.13. The van der Waals surface area contributed by atoms with Crippen molar-refractivity contribution in [2.45, 2.75) is 65.3 Å². The van der Waals surface area contributed by atoms with E-state index in [-0.39, 0.29) is 17.3 Å². The molecule has 4 bridgehead atoms. The zero-order valence-corrected chi connectivity index (χ0v) is 18.4. The molecule has 0 aromatic carbocycles. The van der Waals surface area contributed by atoms with Crippen LogP contribution in [-0.2, 0) is 22.5 Å². The highest BCUT2D eigenvalue weighted by atomic mass is 32.1. The zero-order chi connectivity index (χ0) is 20.2. The molecule has 1 N–H and O–H groups in total. The van der Waals surface area contributed by atoms with E-state index in [9.17, 15) is 9.59 Å². The molecule has 0 radical (unpaired) electrons. The van der Waals surface area contributed by atoms with E-state index in [0.717, 1.165) is 73.6 Å². The predicted molar refractivity (Wildman–Crippen MR) is 114 cm³/mol. The second-order valence-electron chi connectivity index (χ2n) is 9.70. The molecule has 5 aliphatic rings. The van der Waals surface area contributed by atoms with E-state index in [4.69, 9.17) is 4.74 Å². The molecule has 2 heterocycles. The third-order valence-electron chi connectivity index (χ3n) is 7.81. The third kappa shape index (κ3) is 3.32. The number of esters is 1. The van der Waals surface area contributed by atoms with Crippen LogP contribution in [0.25, 0.3) is 0 Å². The highest BCUT2D eigenvalue weighted by Gasteiger charge is 2.54. The van der Waals surface area contributed by atoms with Crippen LogP contribution in [0.2, 0.25) is 0 Å². The summed E-state index contributed by atoms with van der Waals surface area (Å²) in [4.78, 5) is 30.0. The van der Waals surface area contributed by atoms with E-state index >= 15 is 0 Å². The van der Waals surface area contributed by atoms with E-state index < -0.39 is 0 Å². The van der Waals surface area contributed by atoms with Crippen molar-refractivity contribution in [3.8, 4) is 0 Å². The lowest BCUT2D eigenvalue weighted by molar-refractivity contribution is -0.140. The van der Waals surface area contributed by atoms with Crippen molar-refractivity contribution < 1.29 is 14.3 Å². The van der Waals surface area contributed by atoms with Gasteiger partial charge < -0.3 is 10.1 Å². The van der Waals surface area contributed by atoms with Gasteiger partial charge in [0.05, 0.1) is 17.6 Å². The summed E-state index contributed by atoms with van der Waals surface area (Å²) in [6.45, 7) is 7.17. The molecule has 0 spiro atoms. The van der Waals surface area contributed by atoms with Crippen molar-refractivity contribution in [1.29, 1.82) is 0 Å². The molecule has 4 aliphatic carbocycles. The van der Waals surface area contributed by atoms with Gasteiger partial charge in [-0.3, -0.25) is 9.69 Å². The Labute approximate surface area is 177 Å². The number of thiophene rings is 1. The smallest absolute Gasteiger partial charge is 0.341 e. The second-order valence-corrected chi connectivity index (χ2v) is 10.8. The lowest BCUT2D eigenvalue weighted by Crippen LogP contribution is -2.51. The monoisotopic (exact) mass is 416 g/mol. The van der Waals surface area contributed by atoms with Gasteiger partial charge in [0.1, 0.15) is 5.00 Å². The van der Waals surface area contributed by atoms with Crippen molar-refractivity contribution in [3.05, 3.63) is 16.0 Å². The maximum atomic E-state index is 13.6. The van der Waals surface area contributed by atoms with Gasteiger partial charge in [0.15, 0.2) is 0 Å². The van der Waals surface area contributed by atoms with Gasteiger partial charge in [0.2, 0.25) is 5.91 Å². The number of fused-ring (bicyclic) bond motifs is 1. The van der Waals surface area contributed by atoms with Gasteiger partial charge in [-0.15, -0.1) is 11.3 Å². The SMILES string of the molecule is CCOC(=O)c1c(NC(=O)C23CC4CC(CC(C4)C2)C3)sc2c1CCN(CC)C2. The van der Waals surface area contributed by atoms with E-state index in [1.54, 1.807) is 11.3 Å². The molecule has 1 aromatic rings. The number of likely N-dealkylation sites (N-methyl/N-ethyl adjacent to an activating group) is 1. The molecule has 6 rings (SSSR count). The molecular weight excluding hydrogens is 384 g/mol. The van der Waals surface area contributed by atoms with Gasteiger partial charge in [0, 0.05) is 18.0 Å². The van der Waals surface area contributed by atoms with E-state index in [1.165, 1.54) is 24.1 Å². The van der Waals surface area contributed by atoms with Gasteiger partial charge in [-0.1, -0.05) is 6.92 Å². The summed E-state index contributed by atoms with van der Waals surface area (Å²) in [5.41, 5.74) is 1.51. The van der Waals surface area contributed by atoms with Crippen molar-refractivity contribution in [1.82, 2.24) is 4.90 Å². The molecule has 4 saturated carbocycles. The van der Waals surface area contributed by atoms with Crippen LogP contribution in [0, 0.1) is 23.2 Å². The Morgan fingerprint density at radius 3 is 2.38 bits per heavy atom. The molecule has 158 valence electrons. The Hall–Kier alpha value is -1.40. The fraction of sp³-hybridized carbons (Fsp3) is 0.739. The van der Waals surface area contributed by atoms with E-state index in [1.807, 2.05) is 6.92 Å². The maximum Gasteiger partial charge on any atom is 0.341 e. The molecule has 1 amide bonds. The topological polar surface area (TPSA) is 58.6 Å². The first kappa shape index (κ1) is 19.6. The largest absolute Gasteiger partial charge is 0.462 e. The minimum Gasteiger partial charge on any atom is -0.462 e. The number of nitrogens with zero attached hydrogens (tertiary/aromatic N) is 1. The highest BCUT2D eigenvalue weighted by Crippen LogP contribution is 2.60. The van der Waals surface area contributed by atoms with Crippen LogP contribution in [-0.4, -0.2) is 36.5 Å². The lowest BCUT2D eigenvalue weighted by atomic mass is 9.49. The van der Waals surface area contributed by atoms with E-state index in [2.05, 4.69) is 17.1 Å². The standard InChI is InChI=1S/C23H32N2O3S/c1-3-25-6-5-17-18(13-25)29-20(19(17)21(26)28-4-2)24-22(27)23-10-14-7-15(11-23)9-16(8-14)12-23/h14-16H,3-13H2,1-2H3,(H,24,27). The number of amides is 1. The number of nitrogens with one attached hydrogen (secondary N) is 1. The minimum atomic E-state index is -0.282. The molecule has 1 aromatic heterocycles. The van der Waals surface area contributed by atoms with Crippen LogP contribution in [0.5, 0.6) is 0 Å². The maximum absolute atomic E-state index is 13.6. The molecule has 0 atom stereocenters. The van der Waals surface area contributed by atoms with Crippen LogP contribution in [0.1, 0.15) is 73.2 Å². The molecule has 0 saturated heterocycles. The van der Waals surface area contributed by atoms with E-state index in [0.29, 0.717) is 12.2 Å². The van der Waals surface area contributed by atoms with Crippen LogP contribution in [0.15, 0.2) is 0 Å². The molecular formula is C23H32N2O3S. The molecule has 4 fully saturated rings. The molecule has 1 aliphatic heterocycles. The normalized spacial score (nSPS) is 32.8. The molecule has 5 nitrogen and oxygen atoms in total. The highest BCUT2D eigenvalue weighted by molar-refractivity contribution is 7.17. The van der Waals surface area contributed by atoms with Gasteiger partial charge in [-0.2, -0.15) is 0 Å². The first-order valence-electron chi connectivity index (χ1n) is 11.4. The Bertz CT molecular complexity index is 795. The zero-order valence-electron chi connectivity index (χ0n) is 17.6. The van der Waals surface area contributed by atoms with Gasteiger partial charge in [-0.25, -0.2) is 4.79 Å². The second kappa shape index (κ2) is 7.38. The summed E-state index contributed by atoms with van der Waals surface area (Å²) in [6.07, 6.45) is 7.92. The van der Waals surface area contributed by atoms with Gasteiger partial charge in [-0.05, 0) is 81.7 Å². The molecule has 29 heavy (non-hydrogen) atoms. The summed E-state index contributed by atoms with van der Waals surface area (Å²) in [6, 6.07) is 0. The summed E-state index contributed by atoms with van der Waals surface area (Å²) in [7, 11) is 0. The van der Waals surface area contributed by atoms with Gasteiger partial charge in [0.25, 0.3) is 0 Å². The number of hydrogen-bond acceptors (Lipinski definition) is 5. The number of carbonyl (C=O) groups is 2. The van der Waals surface area contributed by atoms with Crippen molar-refractivity contribution in [2.75, 3.05) is 25.0 Å². The van der Waals surface area contributed by atoms with Crippen molar-refractivity contribution >= 4 is 28.2 Å². The van der Waals surface area contributed by atoms with Crippen LogP contribution in [0.3, 0.4) is 0 Å². The Balaban J connectivity index is 1.44. The number of anilines is 1. The fourth-order valence-electron chi connectivity index (χ4n) is 6.86. The lowest BCUT2D eigenvalue weighted by Gasteiger charge is -2.55. The Morgan fingerprint density at radius 1 is 1.14 bits per heavy atom. The summed E-state index contributed by atoms with van der Waals surface area (Å²) < 4.78 is 5.38.